The Balaban J connectivity index is 1.78. The smallest absolute Gasteiger partial charge is 0.207 e. The molecule has 21 heavy (non-hydrogen) atoms. The van der Waals surface area contributed by atoms with Crippen molar-refractivity contribution in [1.29, 1.82) is 0 Å². The van der Waals surface area contributed by atoms with E-state index in [0.717, 1.165) is 11.3 Å². The summed E-state index contributed by atoms with van der Waals surface area (Å²) in [5.41, 5.74) is 2.99. The van der Waals surface area contributed by atoms with Crippen LogP contribution in [0.25, 0.3) is 5.69 Å². The summed E-state index contributed by atoms with van der Waals surface area (Å²) in [7, 11) is 0. The van der Waals surface area contributed by atoms with Gasteiger partial charge in [-0.05, 0) is 47.2 Å². The van der Waals surface area contributed by atoms with Gasteiger partial charge in [0, 0.05) is 5.75 Å². The highest BCUT2D eigenvalue weighted by Gasteiger charge is 2.09. The third-order valence-corrected chi connectivity index (χ3v) is 3.97. The number of benzene rings is 2. The van der Waals surface area contributed by atoms with Gasteiger partial charge in [0.15, 0.2) is 0 Å². The van der Waals surface area contributed by atoms with Crippen LogP contribution in [0.1, 0.15) is 11.1 Å². The van der Waals surface area contributed by atoms with Crippen LogP contribution >= 0.6 is 11.8 Å². The Kier molecular flexibility index (Phi) is 3.96. The van der Waals surface area contributed by atoms with E-state index in [9.17, 15) is 4.39 Å². The molecule has 6 heteroatoms. The Bertz CT molecular complexity index is 739. The zero-order valence-electron chi connectivity index (χ0n) is 11.4. The highest BCUT2D eigenvalue weighted by Crippen LogP contribution is 2.22. The van der Waals surface area contributed by atoms with Crippen LogP contribution in [0, 0.1) is 12.7 Å². The molecule has 0 amide bonds. The third-order valence-electron chi connectivity index (χ3n) is 2.98. The molecule has 0 aliphatic rings. The van der Waals surface area contributed by atoms with E-state index in [1.54, 1.807) is 10.7 Å². The van der Waals surface area contributed by atoms with Crippen LogP contribution in [0.4, 0.5) is 4.39 Å². The number of aromatic nitrogens is 4. The number of rotatable bonds is 4. The van der Waals surface area contributed by atoms with E-state index in [4.69, 9.17) is 0 Å². The Labute approximate surface area is 126 Å². The standard InChI is InChI=1S/C15H13FN4S/c1-11-5-7-14(8-6-11)20-15(17-18-19-20)21-10-12-3-2-4-13(16)9-12/h2-9H,10H2,1H3. The van der Waals surface area contributed by atoms with Gasteiger partial charge in [-0.1, -0.05) is 41.6 Å². The van der Waals surface area contributed by atoms with Crippen LogP contribution in [-0.2, 0) is 5.75 Å². The molecule has 0 unspecified atom stereocenters. The summed E-state index contributed by atoms with van der Waals surface area (Å²) in [5, 5.41) is 12.4. The summed E-state index contributed by atoms with van der Waals surface area (Å²) in [6, 6.07) is 14.5. The minimum atomic E-state index is -0.230. The molecule has 4 nitrogen and oxygen atoms in total. The van der Waals surface area contributed by atoms with Crippen molar-refractivity contribution < 1.29 is 4.39 Å². The third kappa shape index (κ3) is 3.28. The summed E-state index contributed by atoms with van der Waals surface area (Å²) >= 11 is 1.47. The molecule has 0 atom stereocenters. The molecule has 1 aromatic heterocycles. The van der Waals surface area contributed by atoms with E-state index in [0.29, 0.717) is 10.9 Å². The van der Waals surface area contributed by atoms with Crippen molar-refractivity contribution in [1.82, 2.24) is 20.2 Å². The van der Waals surface area contributed by atoms with Gasteiger partial charge in [-0.2, -0.15) is 4.68 Å². The van der Waals surface area contributed by atoms with Gasteiger partial charge in [-0.15, -0.1) is 5.10 Å². The number of hydrogen-bond donors (Lipinski definition) is 0. The number of thioether (sulfide) groups is 1. The number of nitrogens with zero attached hydrogens (tertiary/aromatic N) is 4. The Hall–Kier alpha value is -2.21. The molecule has 0 N–H and O–H groups in total. The van der Waals surface area contributed by atoms with Crippen LogP contribution in [0.3, 0.4) is 0 Å². The number of hydrogen-bond acceptors (Lipinski definition) is 4. The molecule has 3 rings (SSSR count). The SMILES string of the molecule is Cc1ccc(-n2nnnc2SCc2cccc(F)c2)cc1. The van der Waals surface area contributed by atoms with Crippen molar-refractivity contribution in [3.8, 4) is 5.69 Å². The molecule has 0 radical (unpaired) electrons. The molecule has 1 heterocycles. The predicted octanol–water partition coefficient (Wildman–Crippen LogP) is 3.40. The van der Waals surface area contributed by atoms with Crippen molar-refractivity contribution in [3.63, 3.8) is 0 Å². The van der Waals surface area contributed by atoms with Gasteiger partial charge < -0.3 is 0 Å². The van der Waals surface area contributed by atoms with Crippen molar-refractivity contribution in [2.45, 2.75) is 17.8 Å². The molecule has 0 saturated heterocycles. The van der Waals surface area contributed by atoms with Crippen molar-refractivity contribution in [3.05, 3.63) is 65.5 Å². The first-order valence-corrected chi connectivity index (χ1v) is 7.43. The summed E-state index contributed by atoms with van der Waals surface area (Å²) in [6.45, 7) is 2.03. The minimum absolute atomic E-state index is 0.230. The lowest BCUT2D eigenvalue weighted by Gasteiger charge is -2.05. The lowest BCUT2D eigenvalue weighted by Crippen LogP contribution is -1.99. The molecule has 0 fully saturated rings. The molecule has 106 valence electrons. The molecule has 0 saturated carbocycles. The topological polar surface area (TPSA) is 43.6 Å². The van der Waals surface area contributed by atoms with E-state index in [-0.39, 0.29) is 5.82 Å². The maximum atomic E-state index is 13.2. The first-order valence-electron chi connectivity index (χ1n) is 6.45. The van der Waals surface area contributed by atoms with E-state index in [1.165, 1.54) is 29.5 Å². The molecule has 0 spiro atoms. The fraction of sp³-hybridized carbons (Fsp3) is 0.133. The molecule has 3 aromatic rings. The minimum Gasteiger partial charge on any atom is -0.207 e. The molecule has 0 aliphatic carbocycles. The lowest BCUT2D eigenvalue weighted by atomic mass is 10.2. The van der Waals surface area contributed by atoms with Crippen molar-refractivity contribution in [2.24, 2.45) is 0 Å². The van der Waals surface area contributed by atoms with Crippen LogP contribution in [0.15, 0.2) is 53.7 Å². The Morgan fingerprint density at radius 3 is 2.71 bits per heavy atom. The van der Waals surface area contributed by atoms with Gasteiger partial charge in [0.25, 0.3) is 0 Å². The first kappa shape index (κ1) is 13.8. The highest BCUT2D eigenvalue weighted by atomic mass is 32.2. The maximum Gasteiger partial charge on any atom is 0.214 e. The van der Waals surface area contributed by atoms with E-state index in [2.05, 4.69) is 15.5 Å². The van der Waals surface area contributed by atoms with Gasteiger partial charge >= 0.3 is 0 Å². The number of tetrazole rings is 1. The van der Waals surface area contributed by atoms with Crippen LogP contribution < -0.4 is 0 Å². The lowest BCUT2D eigenvalue weighted by molar-refractivity contribution is 0.626. The average Bonchev–Trinajstić information content (AvgIpc) is 2.94. The van der Waals surface area contributed by atoms with E-state index in [1.807, 2.05) is 37.3 Å². The van der Waals surface area contributed by atoms with Gasteiger partial charge in [0.1, 0.15) is 5.82 Å². The van der Waals surface area contributed by atoms with Gasteiger partial charge in [0.2, 0.25) is 5.16 Å². The monoisotopic (exact) mass is 300 g/mol. The first-order chi connectivity index (χ1) is 10.2. The summed E-state index contributed by atoms with van der Waals surface area (Å²) < 4.78 is 14.8. The van der Waals surface area contributed by atoms with Gasteiger partial charge in [-0.3, -0.25) is 0 Å². The fourth-order valence-corrected chi connectivity index (χ4v) is 2.73. The fourth-order valence-electron chi connectivity index (χ4n) is 1.89. The second-order valence-corrected chi connectivity index (χ2v) is 5.57. The average molecular weight is 300 g/mol. The highest BCUT2D eigenvalue weighted by molar-refractivity contribution is 7.98. The second-order valence-electron chi connectivity index (χ2n) is 4.63. The normalized spacial score (nSPS) is 10.8. The number of halogens is 1. The zero-order chi connectivity index (χ0) is 14.7. The molecular weight excluding hydrogens is 287 g/mol. The largest absolute Gasteiger partial charge is 0.214 e. The van der Waals surface area contributed by atoms with Crippen LogP contribution in [0.2, 0.25) is 0 Å². The van der Waals surface area contributed by atoms with Crippen molar-refractivity contribution in [2.75, 3.05) is 0 Å². The van der Waals surface area contributed by atoms with Crippen LogP contribution in [0.5, 0.6) is 0 Å². The molecular formula is C15H13FN4S. The van der Waals surface area contributed by atoms with E-state index >= 15 is 0 Å². The molecule has 2 aromatic carbocycles. The summed E-state index contributed by atoms with van der Waals surface area (Å²) in [4.78, 5) is 0. The Morgan fingerprint density at radius 2 is 1.95 bits per heavy atom. The van der Waals surface area contributed by atoms with Gasteiger partial charge in [-0.25, -0.2) is 4.39 Å². The van der Waals surface area contributed by atoms with Crippen molar-refractivity contribution >= 4 is 11.8 Å². The second kappa shape index (κ2) is 6.05. The molecule has 0 bridgehead atoms. The van der Waals surface area contributed by atoms with Gasteiger partial charge in [0.05, 0.1) is 5.69 Å². The number of aryl methyl sites for hydroxylation is 1. The zero-order valence-corrected chi connectivity index (χ0v) is 12.2. The van der Waals surface area contributed by atoms with E-state index < -0.39 is 0 Å². The summed E-state index contributed by atoms with van der Waals surface area (Å²) in [6.07, 6.45) is 0. The Morgan fingerprint density at radius 1 is 1.14 bits per heavy atom. The predicted molar refractivity (Wildman–Crippen MR) is 79.9 cm³/mol. The molecule has 0 aliphatic heterocycles. The summed E-state index contributed by atoms with van der Waals surface area (Å²) in [5.74, 6) is 0.385. The quantitative estimate of drug-likeness (QED) is 0.693. The maximum absolute atomic E-state index is 13.2. The van der Waals surface area contributed by atoms with Crippen LogP contribution in [-0.4, -0.2) is 20.2 Å².